The number of nitrogens with zero attached hydrogens (tertiary/aromatic N) is 2. The molecule has 2 rings (SSSR count). The number of hydrogen-bond donors (Lipinski definition) is 1. The van der Waals surface area contributed by atoms with Crippen molar-refractivity contribution < 1.29 is 9.59 Å². The van der Waals surface area contributed by atoms with Crippen LogP contribution in [0.4, 0.5) is 0 Å². The lowest BCUT2D eigenvalue weighted by molar-refractivity contribution is -0.142. The van der Waals surface area contributed by atoms with Gasteiger partial charge < -0.3 is 15.1 Å². The number of rotatable bonds is 2. The molecule has 19 heavy (non-hydrogen) atoms. The number of carbonyl (C=O) groups is 2. The number of nitrogens with one attached hydrogen (secondary N) is 1. The van der Waals surface area contributed by atoms with Crippen LogP contribution in [0.2, 0.25) is 0 Å². The second-order valence-electron chi connectivity index (χ2n) is 6.16. The van der Waals surface area contributed by atoms with Crippen molar-refractivity contribution >= 4 is 11.8 Å². The molecule has 2 heterocycles. The second kappa shape index (κ2) is 5.49. The van der Waals surface area contributed by atoms with E-state index in [1.54, 1.807) is 19.0 Å². The van der Waals surface area contributed by atoms with Crippen LogP contribution in [0.3, 0.4) is 0 Å². The number of amides is 2. The highest BCUT2D eigenvalue weighted by Gasteiger charge is 2.40. The Morgan fingerprint density at radius 2 is 1.89 bits per heavy atom. The summed E-state index contributed by atoms with van der Waals surface area (Å²) in [5.41, 5.74) is -0.377. The monoisotopic (exact) mass is 267 g/mol. The molecule has 1 N–H and O–H groups in total. The summed E-state index contributed by atoms with van der Waals surface area (Å²) in [5, 5.41) is 3.32. The van der Waals surface area contributed by atoms with Gasteiger partial charge in [-0.3, -0.25) is 9.59 Å². The van der Waals surface area contributed by atoms with Gasteiger partial charge in [-0.1, -0.05) is 0 Å². The smallest absolute Gasteiger partial charge is 0.242 e. The minimum absolute atomic E-state index is 0.0865. The van der Waals surface area contributed by atoms with E-state index in [0.717, 1.165) is 32.2 Å². The lowest BCUT2D eigenvalue weighted by Gasteiger charge is -2.37. The molecular formula is C14H25N3O2. The van der Waals surface area contributed by atoms with Crippen molar-refractivity contribution in [3.63, 3.8) is 0 Å². The summed E-state index contributed by atoms with van der Waals surface area (Å²) >= 11 is 0. The Hall–Kier alpha value is -1.10. The SMILES string of the molecule is CN(C)C(=O)C1CCN(C(=O)C2(C)CCCN2)CC1. The fourth-order valence-corrected chi connectivity index (χ4v) is 3.12. The van der Waals surface area contributed by atoms with Gasteiger partial charge in [0.05, 0.1) is 5.54 Å². The van der Waals surface area contributed by atoms with E-state index < -0.39 is 0 Å². The van der Waals surface area contributed by atoms with Gasteiger partial charge in [0.1, 0.15) is 0 Å². The minimum Gasteiger partial charge on any atom is -0.349 e. The van der Waals surface area contributed by atoms with E-state index in [0.29, 0.717) is 13.1 Å². The average Bonchev–Trinajstić information content (AvgIpc) is 2.85. The molecule has 0 aromatic carbocycles. The molecule has 5 heteroatoms. The summed E-state index contributed by atoms with van der Waals surface area (Å²) in [6.07, 6.45) is 3.57. The van der Waals surface area contributed by atoms with Gasteiger partial charge in [-0.15, -0.1) is 0 Å². The number of piperidine rings is 1. The van der Waals surface area contributed by atoms with Crippen molar-refractivity contribution in [3.05, 3.63) is 0 Å². The molecule has 2 aliphatic heterocycles. The molecule has 0 radical (unpaired) electrons. The Balaban J connectivity index is 1.89. The van der Waals surface area contributed by atoms with Gasteiger partial charge in [-0.2, -0.15) is 0 Å². The highest BCUT2D eigenvalue weighted by Crippen LogP contribution is 2.25. The average molecular weight is 267 g/mol. The summed E-state index contributed by atoms with van der Waals surface area (Å²) < 4.78 is 0. The van der Waals surface area contributed by atoms with Crippen molar-refractivity contribution in [1.29, 1.82) is 0 Å². The maximum Gasteiger partial charge on any atom is 0.242 e. The van der Waals surface area contributed by atoms with Crippen LogP contribution in [-0.2, 0) is 9.59 Å². The van der Waals surface area contributed by atoms with Crippen molar-refractivity contribution in [1.82, 2.24) is 15.1 Å². The molecule has 0 saturated carbocycles. The van der Waals surface area contributed by atoms with Crippen LogP contribution in [0, 0.1) is 5.92 Å². The quantitative estimate of drug-likeness (QED) is 0.790. The lowest BCUT2D eigenvalue weighted by Crippen LogP contribution is -2.55. The predicted molar refractivity (Wildman–Crippen MR) is 73.6 cm³/mol. The number of carbonyl (C=O) groups excluding carboxylic acids is 2. The number of hydrogen-bond acceptors (Lipinski definition) is 3. The van der Waals surface area contributed by atoms with Gasteiger partial charge in [-0.05, 0) is 39.2 Å². The van der Waals surface area contributed by atoms with Gasteiger partial charge in [0, 0.05) is 33.1 Å². The summed E-state index contributed by atoms with van der Waals surface area (Å²) in [5.74, 6) is 0.487. The first-order valence-electron chi connectivity index (χ1n) is 7.19. The van der Waals surface area contributed by atoms with Crippen molar-refractivity contribution in [2.24, 2.45) is 5.92 Å². The predicted octanol–water partition coefficient (Wildman–Crippen LogP) is 0.455. The third kappa shape index (κ3) is 2.91. The van der Waals surface area contributed by atoms with Gasteiger partial charge in [-0.25, -0.2) is 0 Å². The molecule has 2 aliphatic rings. The zero-order chi connectivity index (χ0) is 14.0. The molecule has 0 aliphatic carbocycles. The normalized spacial score (nSPS) is 28.5. The molecule has 1 unspecified atom stereocenters. The first-order chi connectivity index (χ1) is 8.94. The molecule has 5 nitrogen and oxygen atoms in total. The van der Waals surface area contributed by atoms with Gasteiger partial charge in [0.2, 0.25) is 11.8 Å². The van der Waals surface area contributed by atoms with E-state index in [1.807, 2.05) is 11.8 Å². The third-order valence-electron chi connectivity index (χ3n) is 4.41. The zero-order valence-electron chi connectivity index (χ0n) is 12.2. The molecular weight excluding hydrogens is 242 g/mol. The van der Waals surface area contributed by atoms with Crippen LogP contribution in [0.1, 0.15) is 32.6 Å². The molecule has 0 spiro atoms. The van der Waals surface area contributed by atoms with E-state index in [9.17, 15) is 9.59 Å². The Bertz CT molecular complexity index is 354. The molecule has 1 atom stereocenters. The Morgan fingerprint density at radius 3 is 2.37 bits per heavy atom. The summed E-state index contributed by atoms with van der Waals surface area (Å²) in [7, 11) is 3.59. The van der Waals surface area contributed by atoms with E-state index in [4.69, 9.17) is 0 Å². The third-order valence-corrected chi connectivity index (χ3v) is 4.41. The molecule has 0 bridgehead atoms. The molecule has 0 aromatic heterocycles. The van der Waals surface area contributed by atoms with Crippen LogP contribution in [-0.4, -0.2) is 60.9 Å². The van der Waals surface area contributed by atoms with Gasteiger partial charge in [0.25, 0.3) is 0 Å². The van der Waals surface area contributed by atoms with E-state index in [1.165, 1.54) is 0 Å². The standard InChI is InChI=1S/C14H25N3O2/c1-14(7-4-8-15-14)13(19)17-9-5-11(6-10-17)12(18)16(2)3/h11,15H,4-10H2,1-3H3. The van der Waals surface area contributed by atoms with Crippen molar-refractivity contribution in [2.75, 3.05) is 33.7 Å². The Morgan fingerprint density at radius 1 is 1.26 bits per heavy atom. The van der Waals surface area contributed by atoms with Crippen molar-refractivity contribution in [3.8, 4) is 0 Å². The Kier molecular flexibility index (Phi) is 4.13. The Labute approximate surface area is 115 Å². The lowest BCUT2D eigenvalue weighted by atomic mass is 9.92. The summed E-state index contributed by atoms with van der Waals surface area (Å²) in [6, 6.07) is 0. The minimum atomic E-state index is -0.377. The molecule has 108 valence electrons. The first-order valence-corrected chi connectivity index (χ1v) is 7.19. The van der Waals surface area contributed by atoms with Crippen LogP contribution in [0.25, 0.3) is 0 Å². The highest BCUT2D eigenvalue weighted by molar-refractivity contribution is 5.86. The molecule has 2 fully saturated rings. The van der Waals surface area contributed by atoms with Crippen LogP contribution in [0.15, 0.2) is 0 Å². The fourth-order valence-electron chi connectivity index (χ4n) is 3.12. The van der Waals surface area contributed by atoms with Crippen LogP contribution >= 0.6 is 0 Å². The largest absolute Gasteiger partial charge is 0.349 e. The topological polar surface area (TPSA) is 52.7 Å². The maximum atomic E-state index is 12.5. The van der Waals surface area contributed by atoms with Crippen molar-refractivity contribution in [2.45, 2.75) is 38.1 Å². The molecule has 2 amide bonds. The zero-order valence-corrected chi connectivity index (χ0v) is 12.2. The van der Waals surface area contributed by atoms with Gasteiger partial charge in [0.15, 0.2) is 0 Å². The van der Waals surface area contributed by atoms with Crippen LogP contribution < -0.4 is 5.32 Å². The highest BCUT2D eigenvalue weighted by atomic mass is 16.2. The number of likely N-dealkylation sites (tertiary alicyclic amines) is 1. The first kappa shape index (κ1) is 14.3. The molecule has 2 saturated heterocycles. The molecule has 0 aromatic rings. The van der Waals surface area contributed by atoms with Gasteiger partial charge >= 0.3 is 0 Å². The summed E-state index contributed by atoms with van der Waals surface area (Å²) in [6.45, 7) is 4.35. The second-order valence-corrected chi connectivity index (χ2v) is 6.16. The van der Waals surface area contributed by atoms with E-state index >= 15 is 0 Å². The van der Waals surface area contributed by atoms with Crippen LogP contribution in [0.5, 0.6) is 0 Å². The van der Waals surface area contributed by atoms with E-state index in [-0.39, 0.29) is 23.3 Å². The fraction of sp³-hybridized carbons (Fsp3) is 0.857. The maximum absolute atomic E-state index is 12.5. The van der Waals surface area contributed by atoms with E-state index in [2.05, 4.69) is 5.32 Å². The summed E-state index contributed by atoms with van der Waals surface area (Å²) in [4.78, 5) is 28.0.